The molecule has 0 spiro atoms. The number of nitrogens with one attached hydrogen (secondary N) is 1. The van der Waals surface area contributed by atoms with Crippen molar-refractivity contribution in [2.45, 2.75) is 78.7 Å². The van der Waals surface area contributed by atoms with Crippen molar-refractivity contribution in [2.75, 3.05) is 4.90 Å². The first-order valence-corrected chi connectivity index (χ1v) is 14.0. The Morgan fingerprint density at radius 1 is 1.18 bits per heavy atom. The van der Waals surface area contributed by atoms with E-state index >= 15 is 0 Å². The third kappa shape index (κ3) is 7.33. The monoisotopic (exact) mass is 588 g/mol. The largest absolute Gasteiger partial charge is 0.456 e. The molecule has 1 unspecified atom stereocenters. The highest BCUT2D eigenvalue weighted by Gasteiger charge is 2.31. The van der Waals surface area contributed by atoms with E-state index in [2.05, 4.69) is 15.3 Å². The quantitative estimate of drug-likeness (QED) is 0.219. The predicted molar refractivity (Wildman–Crippen MR) is 154 cm³/mol. The first-order valence-electron chi connectivity index (χ1n) is 12.7. The summed E-state index contributed by atoms with van der Waals surface area (Å²) < 4.78 is 23.2. The van der Waals surface area contributed by atoms with Gasteiger partial charge in [0.2, 0.25) is 0 Å². The highest BCUT2D eigenvalue weighted by Crippen LogP contribution is 2.41. The summed E-state index contributed by atoms with van der Waals surface area (Å²) in [5.74, 6) is 0.868. The smallest absolute Gasteiger partial charge is 0.415 e. The van der Waals surface area contributed by atoms with E-state index in [0.717, 1.165) is 4.88 Å². The molecule has 0 aliphatic carbocycles. The van der Waals surface area contributed by atoms with Crippen molar-refractivity contribution in [1.82, 2.24) is 15.3 Å². The van der Waals surface area contributed by atoms with Crippen LogP contribution in [0.25, 0.3) is 22.4 Å². The fourth-order valence-electron chi connectivity index (χ4n) is 3.96. The molecule has 40 heavy (non-hydrogen) atoms. The molecule has 1 atom stereocenters. The Labute approximate surface area is 241 Å². The number of rotatable bonds is 7. The van der Waals surface area contributed by atoms with Crippen molar-refractivity contribution in [1.29, 1.82) is 0 Å². The number of furan rings is 1. The number of fused-ring (bicyclic) bond motifs is 1. The van der Waals surface area contributed by atoms with Gasteiger partial charge in [-0.2, -0.15) is 0 Å². The van der Waals surface area contributed by atoms with Crippen LogP contribution < -0.4 is 10.2 Å². The lowest BCUT2D eigenvalue weighted by Gasteiger charge is -2.27. The van der Waals surface area contributed by atoms with Gasteiger partial charge in [-0.1, -0.05) is 17.7 Å². The van der Waals surface area contributed by atoms with E-state index in [9.17, 15) is 9.59 Å². The number of oxazole rings is 1. The summed E-state index contributed by atoms with van der Waals surface area (Å²) in [5, 5.41) is 4.91. The molecule has 214 valence electrons. The van der Waals surface area contributed by atoms with Crippen molar-refractivity contribution in [3.05, 3.63) is 52.0 Å². The van der Waals surface area contributed by atoms with Gasteiger partial charge in [-0.3, -0.25) is 4.90 Å². The third-order valence-electron chi connectivity index (χ3n) is 5.40. The van der Waals surface area contributed by atoms with Gasteiger partial charge in [0.15, 0.2) is 17.7 Å². The molecule has 0 aromatic carbocycles. The second-order valence-electron chi connectivity index (χ2n) is 11.3. The summed E-state index contributed by atoms with van der Waals surface area (Å²) in [6.07, 6.45) is 1.99. The van der Waals surface area contributed by atoms with Gasteiger partial charge in [-0.25, -0.2) is 19.6 Å². The molecule has 0 radical (unpaired) electrons. The number of carbonyl (C=O) groups excluding carboxylic acids is 2. The van der Waals surface area contributed by atoms with Crippen LogP contribution in [0.2, 0.25) is 5.15 Å². The molecule has 0 fully saturated rings. The van der Waals surface area contributed by atoms with Crippen molar-refractivity contribution < 1.29 is 27.9 Å². The van der Waals surface area contributed by atoms with E-state index in [-0.39, 0.29) is 24.2 Å². The lowest BCUT2D eigenvalue weighted by molar-refractivity contribution is 0.0505. The normalized spacial score (nSPS) is 12.8. The van der Waals surface area contributed by atoms with Crippen LogP contribution >= 0.6 is 22.9 Å². The average Bonchev–Trinajstić information content (AvgIpc) is 3.55. The van der Waals surface area contributed by atoms with Gasteiger partial charge in [0.1, 0.15) is 27.6 Å². The Kier molecular flexibility index (Phi) is 8.46. The minimum Gasteiger partial charge on any atom is -0.456 e. The van der Waals surface area contributed by atoms with Crippen molar-refractivity contribution >= 4 is 51.9 Å². The van der Waals surface area contributed by atoms with E-state index < -0.39 is 23.4 Å². The van der Waals surface area contributed by atoms with E-state index in [0.29, 0.717) is 33.9 Å². The first kappa shape index (κ1) is 29.4. The van der Waals surface area contributed by atoms with Crippen LogP contribution in [0.5, 0.6) is 0 Å². The number of ether oxygens (including phenoxy) is 2. The van der Waals surface area contributed by atoms with Crippen LogP contribution in [-0.4, -0.2) is 39.4 Å². The second kappa shape index (κ2) is 11.5. The van der Waals surface area contributed by atoms with Gasteiger partial charge in [-0.05, 0) is 59.9 Å². The Morgan fingerprint density at radius 2 is 1.90 bits per heavy atom. The number of carbonyl (C=O) groups is 2. The average molecular weight is 589 g/mol. The Morgan fingerprint density at radius 3 is 2.50 bits per heavy atom. The standard InChI is InChI=1S/C28H33ClN4O6S/c1-16(31-25(34)38-27(2,3)4)11-19-22(20-13-30-15-36-20)23-24(37-19)18(12-21(29)32-23)33(14-17-9-8-10-40-17)26(35)39-28(5,6)7/h8-10,12-13,15-16H,11,14H2,1-7H3,(H,31,34). The maximum absolute atomic E-state index is 13.5. The number of halogens is 1. The summed E-state index contributed by atoms with van der Waals surface area (Å²) in [5.41, 5.74) is 0.239. The highest BCUT2D eigenvalue weighted by atomic mass is 35.5. The van der Waals surface area contributed by atoms with Crippen molar-refractivity contribution in [3.63, 3.8) is 0 Å². The summed E-state index contributed by atoms with van der Waals surface area (Å²) in [4.78, 5) is 36.9. The second-order valence-corrected chi connectivity index (χ2v) is 12.7. The van der Waals surface area contributed by atoms with Crippen LogP contribution in [0.3, 0.4) is 0 Å². The summed E-state index contributed by atoms with van der Waals surface area (Å²) in [6, 6.07) is 5.03. The lowest BCUT2D eigenvalue weighted by Crippen LogP contribution is -2.38. The molecule has 2 amide bonds. The third-order valence-corrected chi connectivity index (χ3v) is 6.45. The van der Waals surface area contributed by atoms with E-state index in [4.69, 9.17) is 29.9 Å². The summed E-state index contributed by atoms with van der Waals surface area (Å²) in [6.45, 7) is 12.8. The van der Waals surface area contributed by atoms with Crippen LogP contribution in [0.15, 0.2) is 45.0 Å². The molecule has 1 N–H and O–H groups in total. The van der Waals surface area contributed by atoms with Gasteiger partial charge in [0, 0.05) is 23.4 Å². The van der Waals surface area contributed by atoms with E-state index in [1.54, 1.807) is 53.8 Å². The van der Waals surface area contributed by atoms with Gasteiger partial charge < -0.3 is 23.6 Å². The number of hydrogen-bond acceptors (Lipinski definition) is 9. The van der Waals surface area contributed by atoms with Crippen LogP contribution in [0.1, 0.15) is 59.1 Å². The molecule has 0 saturated heterocycles. The first-order chi connectivity index (χ1) is 18.7. The zero-order chi connectivity index (χ0) is 29.2. The molecule has 4 rings (SSSR count). The predicted octanol–water partition coefficient (Wildman–Crippen LogP) is 7.60. The van der Waals surface area contributed by atoms with Gasteiger partial charge in [0.25, 0.3) is 0 Å². The number of pyridine rings is 1. The SMILES string of the molecule is CC(Cc1oc2c(N(Cc3cccs3)C(=O)OC(C)(C)C)cc(Cl)nc2c1-c1cnco1)NC(=O)OC(C)(C)C. The molecular formula is C28H33ClN4O6S. The Balaban J connectivity index is 1.81. The zero-order valence-corrected chi connectivity index (χ0v) is 25.1. The molecule has 4 heterocycles. The molecule has 0 aliphatic rings. The topological polar surface area (TPSA) is 120 Å². The highest BCUT2D eigenvalue weighted by molar-refractivity contribution is 7.09. The number of aromatic nitrogens is 2. The number of nitrogens with zero attached hydrogens (tertiary/aromatic N) is 3. The number of alkyl carbamates (subject to hydrolysis) is 1. The molecule has 4 aromatic heterocycles. The Hall–Kier alpha value is -3.57. The Bertz CT molecular complexity index is 1470. The molecule has 0 saturated carbocycles. The number of hydrogen-bond donors (Lipinski definition) is 1. The number of amides is 2. The summed E-state index contributed by atoms with van der Waals surface area (Å²) in [7, 11) is 0. The van der Waals surface area contributed by atoms with Crippen LogP contribution in [-0.2, 0) is 22.4 Å². The van der Waals surface area contributed by atoms with Gasteiger partial charge in [0.05, 0.1) is 24.0 Å². The number of anilines is 1. The summed E-state index contributed by atoms with van der Waals surface area (Å²) >= 11 is 8.03. The lowest BCUT2D eigenvalue weighted by atomic mass is 10.1. The van der Waals surface area contributed by atoms with Crippen molar-refractivity contribution in [3.8, 4) is 11.3 Å². The maximum atomic E-state index is 13.5. The fraction of sp³-hybridized carbons (Fsp3) is 0.429. The molecule has 12 heteroatoms. The van der Waals surface area contributed by atoms with E-state index in [1.165, 1.54) is 22.6 Å². The zero-order valence-electron chi connectivity index (χ0n) is 23.5. The molecular weight excluding hydrogens is 556 g/mol. The van der Waals surface area contributed by atoms with Crippen LogP contribution in [0, 0.1) is 0 Å². The van der Waals surface area contributed by atoms with Crippen LogP contribution in [0.4, 0.5) is 15.3 Å². The molecule has 0 bridgehead atoms. The van der Waals surface area contributed by atoms with Crippen molar-refractivity contribution in [2.24, 2.45) is 0 Å². The minimum atomic E-state index is -0.733. The fourth-order valence-corrected chi connectivity index (χ4v) is 4.85. The van der Waals surface area contributed by atoms with Gasteiger partial charge >= 0.3 is 12.2 Å². The molecule has 10 nitrogen and oxygen atoms in total. The van der Waals surface area contributed by atoms with Gasteiger partial charge in [-0.15, -0.1) is 11.3 Å². The maximum Gasteiger partial charge on any atom is 0.415 e. The molecule has 4 aromatic rings. The molecule has 0 aliphatic heterocycles. The minimum absolute atomic E-state index is 0.148. The number of thiophene rings is 1. The van der Waals surface area contributed by atoms with E-state index in [1.807, 2.05) is 24.4 Å².